The number of aromatic nitrogens is 1. The van der Waals surface area contributed by atoms with Crippen LogP contribution in [0.1, 0.15) is 31.4 Å². The van der Waals surface area contributed by atoms with Gasteiger partial charge in [0.25, 0.3) is 0 Å². The van der Waals surface area contributed by atoms with Crippen molar-refractivity contribution in [3.05, 3.63) is 29.0 Å². The molecule has 1 N–H and O–H groups in total. The molecule has 0 aromatic carbocycles. The Morgan fingerprint density at radius 1 is 1.37 bits per heavy atom. The molecule has 1 atom stereocenters. The van der Waals surface area contributed by atoms with Gasteiger partial charge in [0, 0.05) is 44.6 Å². The Labute approximate surface area is 132 Å². The summed E-state index contributed by atoms with van der Waals surface area (Å²) >= 11 is 6.27. The average Bonchev–Trinajstić information content (AvgIpc) is 2.38. The van der Waals surface area contributed by atoms with E-state index in [1.165, 1.54) is 12.0 Å². The summed E-state index contributed by atoms with van der Waals surface area (Å²) in [5, 5.41) is 4.19. The van der Waals surface area contributed by atoms with E-state index < -0.39 is 0 Å². The first kappa shape index (κ1) is 18.9. The zero-order valence-electron chi connectivity index (χ0n) is 11.1. The van der Waals surface area contributed by atoms with Crippen LogP contribution in [0, 0.1) is 0 Å². The molecule has 0 spiro atoms. The van der Waals surface area contributed by atoms with Gasteiger partial charge in [-0.1, -0.05) is 24.9 Å². The van der Waals surface area contributed by atoms with E-state index in [1.807, 2.05) is 6.20 Å². The zero-order chi connectivity index (χ0) is 12.1. The quantitative estimate of drug-likeness (QED) is 0.920. The maximum absolute atomic E-state index is 6.27. The van der Waals surface area contributed by atoms with Crippen molar-refractivity contribution in [3.8, 4) is 0 Å². The fraction of sp³-hybridized carbons (Fsp3) is 0.615. The van der Waals surface area contributed by atoms with E-state index in [4.69, 9.17) is 11.6 Å². The Morgan fingerprint density at radius 2 is 2.05 bits per heavy atom. The highest BCUT2D eigenvalue weighted by Crippen LogP contribution is 2.30. The number of hydrogen-bond donors (Lipinski definition) is 1. The molecule has 6 heteroatoms. The van der Waals surface area contributed by atoms with Gasteiger partial charge in [0.05, 0.1) is 5.02 Å². The van der Waals surface area contributed by atoms with E-state index in [-0.39, 0.29) is 24.8 Å². The second-order valence-corrected chi connectivity index (χ2v) is 4.89. The molecule has 0 bridgehead atoms. The molecule has 19 heavy (non-hydrogen) atoms. The largest absolute Gasteiger partial charge is 0.314 e. The van der Waals surface area contributed by atoms with Crippen LogP contribution in [0.2, 0.25) is 5.02 Å². The molecule has 0 radical (unpaired) electrons. The second-order valence-electron chi connectivity index (χ2n) is 4.49. The molecule has 1 aromatic heterocycles. The van der Waals surface area contributed by atoms with Crippen LogP contribution in [0.25, 0.3) is 0 Å². The topological polar surface area (TPSA) is 28.2 Å². The molecule has 3 nitrogen and oxygen atoms in total. The maximum Gasteiger partial charge on any atom is 0.0637 e. The summed E-state index contributed by atoms with van der Waals surface area (Å²) in [6.45, 7) is 6.57. The fourth-order valence-electron chi connectivity index (χ4n) is 2.46. The van der Waals surface area contributed by atoms with Gasteiger partial charge < -0.3 is 5.32 Å². The summed E-state index contributed by atoms with van der Waals surface area (Å²) in [4.78, 5) is 6.60. The highest BCUT2D eigenvalue weighted by atomic mass is 35.5. The predicted octanol–water partition coefficient (Wildman–Crippen LogP) is 3.33. The maximum atomic E-state index is 6.27. The van der Waals surface area contributed by atoms with E-state index in [9.17, 15) is 0 Å². The molecule has 1 aliphatic rings. The van der Waals surface area contributed by atoms with Gasteiger partial charge in [-0.15, -0.1) is 24.8 Å². The molecule has 0 saturated carbocycles. The summed E-state index contributed by atoms with van der Waals surface area (Å²) < 4.78 is 0. The highest BCUT2D eigenvalue weighted by molar-refractivity contribution is 6.31. The molecule has 2 heterocycles. The van der Waals surface area contributed by atoms with Crippen molar-refractivity contribution in [2.24, 2.45) is 0 Å². The lowest BCUT2D eigenvalue weighted by molar-refractivity contribution is 0.164. The smallest absolute Gasteiger partial charge is 0.0637 e. The number of halogens is 3. The third-order valence-electron chi connectivity index (χ3n) is 3.32. The first-order chi connectivity index (χ1) is 8.33. The van der Waals surface area contributed by atoms with Crippen LogP contribution in [-0.4, -0.2) is 36.1 Å². The van der Waals surface area contributed by atoms with Crippen molar-refractivity contribution in [3.63, 3.8) is 0 Å². The van der Waals surface area contributed by atoms with Gasteiger partial charge in [0.15, 0.2) is 0 Å². The molecule has 0 aliphatic carbocycles. The summed E-state index contributed by atoms with van der Waals surface area (Å²) in [7, 11) is 0. The number of nitrogens with one attached hydrogen (secondary N) is 1. The summed E-state index contributed by atoms with van der Waals surface area (Å²) in [5.74, 6) is 0. The molecule has 1 aromatic rings. The molecule has 1 saturated heterocycles. The van der Waals surface area contributed by atoms with Gasteiger partial charge >= 0.3 is 0 Å². The molecule has 1 aliphatic heterocycles. The van der Waals surface area contributed by atoms with E-state index in [2.05, 4.69) is 28.2 Å². The van der Waals surface area contributed by atoms with Gasteiger partial charge in [0.2, 0.25) is 0 Å². The Bertz CT molecular complexity index is 357. The minimum Gasteiger partial charge on any atom is -0.314 e. The van der Waals surface area contributed by atoms with E-state index >= 15 is 0 Å². The lowest BCUT2D eigenvalue weighted by Gasteiger charge is -2.35. The number of nitrogens with zero attached hydrogens (tertiary/aromatic N) is 2. The van der Waals surface area contributed by atoms with Gasteiger partial charge in [-0.25, -0.2) is 0 Å². The number of pyridine rings is 1. The first-order valence-corrected chi connectivity index (χ1v) is 6.75. The number of hydrogen-bond acceptors (Lipinski definition) is 3. The van der Waals surface area contributed by atoms with Crippen LogP contribution in [0.4, 0.5) is 0 Å². The number of piperazine rings is 1. The van der Waals surface area contributed by atoms with Crippen LogP contribution in [0.3, 0.4) is 0 Å². The molecular weight excluding hydrogens is 305 g/mol. The van der Waals surface area contributed by atoms with Crippen molar-refractivity contribution in [1.82, 2.24) is 15.2 Å². The standard InChI is InChI=1S/C13H20ClN3.2ClH/c1-2-3-13(17-8-6-15-7-9-17)11-4-5-16-10-12(11)14;;/h4-5,10,13,15H,2-3,6-9H2,1H3;2*1H/t13-;;/m1../s1. The third kappa shape index (κ3) is 5.09. The van der Waals surface area contributed by atoms with Crippen LogP contribution in [-0.2, 0) is 0 Å². The Balaban J connectivity index is 0.00000162. The highest BCUT2D eigenvalue weighted by Gasteiger charge is 2.22. The molecule has 0 amide bonds. The van der Waals surface area contributed by atoms with Gasteiger partial charge in [0.1, 0.15) is 0 Å². The molecule has 0 unspecified atom stereocenters. The molecule has 110 valence electrons. The van der Waals surface area contributed by atoms with Crippen LogP contribution in [0.15, 0.2) is 18.5 Å². The Kier molecular flexibility index (Phi) is 9.75. The lowest BCUT2D eigenvalue weighted by atomic mass is 10.0. The summed E-state index contributed by atoms with van der Waals surface area (Å²) in [6.07, 6.45) is 5.92. The van der Waals surface area contributed by atoms with Crippen molar-refractivity contribution in [2.75, 3.05) is 26.2 Å². The third-order valence-corrected chi connectivity index (χ3v) is 3.63. The van der Waals surface area contributed by atoms with Crippen molar-refractivity contribution in [2.45, 2.75) is 25.8 Å². The lowest BCUT2D eigenvalue weighted by Crippen LogP contribution is -2.45. The normalized spacial score (nSPS) is 17.2. The van der Waals surface area contributed by atoms with Crippen LogP contribution in [0.5, 0.6) is 0 Å². The Morgan fingerprint density at radius 3 is 2.63 bits per heavy atom. The summed E-state index contributed by atoms with van der Waals surface area (Å²) in [5.41, 5.74) is 1.23. The van der Waals surface area contributed by atoms with E-state index in [1.54, 1.807) is 6.20 Å². The molecule has 2 rings (SSSR count). The summed E-state index contributed by atoms with van der Waals surface area (Å²) in [6, 6.07) is 2.50. The molecular formula is C13H22Cl3N3. The van der Waals surface area contributed by atoms with Gasteiger partial charge in [-0.05, 0) is 18.1 Å². The SMILES string of the molecule is CCC[C@H](c1ccncc1Cl)N1CCNCC1.Cl.Cl. The minimum atomic E-state index is 0. The van der Waals surface area contributed by atoms with E-state index in [0.29, 0.717) is 6.04 Å². The minimum absolute atomic E-state index is 0. The van der Waals surface area contributed by atoms with Crippen LogP contribution >= 0.6 is 36.4 Å². The van der Waals surface area contributed by atoms with Crippen molar-refractivity contribution < 1.29 is 0 Å². The average molecular weight is 327 g/mol. The van der Waals surface area contributed by atoms with Crippen LogP contribution < -0.4 is 5.32 Å². The first-order valence-electron chi connectivity index (χ1n) is 6.37. The van der Waals surface area contributed by atoms with Gasteiger partial charge in [-0.2, -0.15) is 0 Å². The number of rotatable bonds is 4. The predicted molar refractivity (Wildman–Crippen MR) is 85.8 cm³/mol. The molecule has 1 fully saturated rings. The second kappa shape index (κ2) is 9.78. The van der Waals surface area contributed by atoms with Crippen molar-refractivity contribution in [1.29, 1.82) is 0 Å². The fourth-order valence-corrected chi connectivity index (χ4v) is 2.70. The van der Waals surface area contributed by atoms with Gasteiger partial charge in [-0.3, -0.25) is 9.88 Å². The Hall–Kier alpha value is -0.0600. The van der Waals surface area contributed by atoms with Crippen molar-refractivity contribution >= 4 is 36.4 Å². The zero-order valence-corrected chi connectivity index (χ0v) is 13.5. The van der Waals surface area contributed by atoms with E-state index in [0.717, 1.165) is 37.6 Å². The monoisotopic (exact) mass is 325 g/mol.